The van der Waals surface area contributed by atoms with Gasteiger partial charge in [0.25, 0.3) is 0 Å². The summed E-state index contributed by atoms with van der Waals surface area (Å²) in [6, 6.07) is 1.69. The molecule has 1 aromatic rings. The van der Waals surface area contributed by atoms with Crippen LogP contribution in [0.5, 0.6) is 0 Å². The van der Waals surface area contributed by atoms with Gasteiger partial charge in [-0.1, -0.05) is 13.8 Å². The summed E-state index contributed by atoms with van der Waals surface area (Å²) in [5.41, 5.74) is 11.1. The zero-order chi connectivity index (χ0) is 11.5. The Labute approximate surface area is 90.3 Å². The lowest BCUT2D eigenvalue weighted by molar-refractivity contribution is 0.477. The van der Waals surface area contributed by atoms with Gasteiger partial charge in [-0.2, -0.15) is 9.97 Å². The fraction of sp³-hybridized carbons (Fsp3) is 0.600. The van der Waals surface area contributed by atoms with Gasteiger partial charge in [0.2, 0.25) is 5.95 Å². The summed E-state index contributed by atoms with van der Waals surface area (Å²) in [6.07, 6.45) is 2.01. The first-order valence-corrected chi connectivity index (χ1v) is 5.17. The highest BCUT2D eigenvalue weighted by Gasteiger charge is 2.19. The zero-order valence-electron chi connectivity index (χ0n) is 9.54. The van der Waals surface area contributed by atoms with E-state index in [-0.39, 0.29) is 11.5 Å². The molecule has 0 fully saturated rings. The molecule has 0 aliphatic heterocycles. The van der Waals surface area contributed by atoms with Crippen LogP contribution in [0.1, 0.15) is 33.6 Å². The van der Waals surface area contributed by atoms with Crippen molar-refractivity contribution in [1.29, 1.82) is 0 Å². The third-order valence-corrected chi connectivity index (χ3v) is 2.75. The van der Waals surface area contributed by atoms with Gasteiger partial charge in [0.05, 0.1) is 0 Å². The van der Waals surface area contributed by atoms with E-state index in [9.17, 15) is 0 Å². The monoisotopic (exact) mass is 209 g/mol. The molecule has 1 rings (SSSR count). The third kappa shape index (κ3) is 2.97. The van der Waals surface area contributed by atoms with Gasteiger partial charge in [0.15, 0.2) is 0 Å². The number of rotatable bonds is 4. The average Bonchev–Trinajstić information content (AvgIpc) is 2.16. The minimum atomic E-state index is 0.0211. The highest BCUT2D eigenvalue weighted by atomic mass is 15.1. The Morgan fingerprint density at radius 2 is 1.87 bits per heavy atom. The number of aromatic nitrogens is 2. The van der Waals surface area contributed by atoms with Gasteiger partial charge in [-0.05, 0) is 19.8 Å². The first-order valence-electron chi connectivity index (χ1n) is 5.17. The largest absolute Gasteiger partial charge is 0.383 e. The average molecular weight is 209 g/mol. The van der Waals surface area contributed by atoms with Crippen LogP contribution in [0, 0.1) is 0 Å². The standard InChI is InChI=1S/C10H19N5/c1-4-10(3,5-2)15-8-6-7(11)13-9(12)14-8/h6H,4-5H2,1-3H3,(H5,11,12,13,14,15). The molecule has 0 amide bonds. The van der Waals surface area contributed by atoms with E-state index >= 15 is 0 Å². The second-order valence-electron chi connectivity index (χ2n) is 3.93. The van der Waals surface area contributed by atoms with Crippen LogP contribution >= 0.6 is 0 Å². The van der Waals surface area contributed by atoms with E-state index in [1.807, 2.05) is 0 Å². The first kappa shape index (κ1) is 11.6. The summed E-state index contributed by atoms with van der Waals surface area (Å²) in [5, 5.41) is 3.33. The summed E-state index contributed by atoms with van der Waals surface area (Å²) in [4.78, 5) is 7.91. The molecule has 15 heavy (non-hydrogen) atoms. The van der Waals surface area contributed by atoms with Crippen molar-refractivity contribution in [3.8, 4) is 0 Å². The lowest BCUT2D eigenvalue weighted by atomic mass is 9.96. The fourth-order valence-corrected chi connectivity index (χ4v) is 1.29. The minimum Gasteiger partial charge on any atom is -0.383 e. The molecule has 5 nitrogen and oxygen atoms in total. The number of nitrogens with two attached hydrogens (primary N) is 2. The van der Waals surface area contributed by atoms with Crippen LogP contribution in [0.3, 0.4) is 0 Å². The van der Waals surface area contributed by atoms with Crippen LogP contribution in [-0.2, 0) is 0 Å². The number of nitrogens with zero attached hydrogens (tertiary/aromatic N) is 2. The lowest BCUT2D eigenvalue weighted by Gasteiger charge is -2.28. The van der Waals surface area contributed by atoms with Crippen molar-refractivity contribution in [3.63, 3.8) is 0 Å². The molecule has 0 bridgehead atoms. The quantitative estimate of drug-likeness (QED) is 0.701. The maximum atomic E-state index is 5.59. The molecule has 0 saturated heterocycles. The van der Waals surface area contributed by atoms with Crippen molar-refractivity contribution in [2.24, 2.45) is 0 Å². The topological polar surface area (TPSA) is 89.8 Å². The Morgan fingerprint density at radius 1 is 1.27 bits per heavy atom. The Kier molecular flexibility index (Phi) is 3.34. The van der Waals surface area contributed by atoms with E-state index in [0.29, 0.717) is 11.6 Å². The number of hydrogen-bond acceptors (Lipinski definition) is 5. The second-order valence-corrected chi connectivity index (χ2v) is 3.93. The van der Waals surface area contributed by atoms with Gasteiger partial charge >= 0.3 is 0 Å². The molecular weight excluding hydrogens is 190 g/mol. The van der Waals surface area contributed by atoms with Crippen molar-refractivity contribution in [2.45, 2.75) is 39.2 Å². The molecule has 0 radical (unpaired) electrons. The van der Waals surface area contributed by atoms with E-state index in [1.165, 1.54) is 0 Å². The number of anilines is 3. The maximum absolute atomic E-state index is 5.59. The number of nitrogen functional groups attached to an aromatic ring is 2. The minimum absolute atomic E-state index is 0.0211. The van der Waals surface area contributed by atoms with Crippen molar-refractivity contribution in [3.05, 3.63) is 6.07 Å². The highest BCUT2D eigenvalue weighted by molar-refractivity contribution is 5.49. The smallest absolute Gasteiger partial charge is 0.223 e. The molecular formula is C10H19N5. The zero-order valence-corrected chi connectivity index (χ0v) is 9.54. The Bertz CT molecular complexity index is 312. The predicted molar refractivity (Wildman–Crippen MR) is 63.5 cm³/mol. The van der Waals surface area contributed by atoms with Crippen LogP contribution in [-0.4, -0.2) is 15.5 Å². The Morgan fingerprint density at radius 3 is 2.33 bits per heavy atom. The molecule has 0 spiro atoms. The highest BCUT2D eigenvalue weighted by Crippen LogP contribution is 2.21. The maximum Gasteiger partial charge on any atom is 0.223 e. The van der Waals surface area contributed by atoms with Crippen molar-refractivity contribution < 1.29 is 0 Å². The molecule has 0 aromatic carbocycles. The fourth-order valence-electron chi connectivity index (χ4n) is 1.29. The number of hydrogen-bond donors (Lipinski definition) is 3. The molecule has 5 N–H and O–H groups in total. The van der Waals surface area contributed by atoms with Crippen LogP contribution in [0.25, 0.3) is 0 Å². The van der Waals surface area contributed by atoms with E-state index in [1.54, 1.807) is 6.07 Å². The van der Waals surface area contributed by atoms with Gasteiger partial charge in [-0.3, -0.25) is 0 Å². The molecule has 0 saturated carbocycles. The summed E-state index contributed by atoms with van der Waals surface area (Å²) in [7, 11) is 0. The summed E-state index contributed by atoms with van der Waals surface area (Å²) >= 11 is 0. The lowest BCUT2D eigenvalue weighted by Crippen LogP contribution is -2.33. The van der Waals surface area contributed by atoms with Crippen molar-refractivity contribution in [2.75, 3.05) is 16.8 Å². The van der Waals surface area contributed by atoms with Gasteiger partial charge in [0, 0.05) is 11.6 Å². The van der Waals surface area contributed by atoms with Crippen molar-refractivity contribution in [1.82, 2.24) is 9.97 Å². The third-order valence-electron chi connectivity index (χ3n) is 2.75. The first-order chi connectivity index (χ1) is 6.99. The normalized spacial score (nSPS) is 11.4. The Hall–Kier alpha value is -1.52. The van der Waals surface area contributed by atoms with E-state index in [0.717, 1.165) is 12.8 Å². The molecule has 0 aliphatic carbocycles. The molecule has 0 unspecified atom stereocenters. The predicted octanol–water partition coefficient (Wildman–Crippen LogP) is 1.63. The van der Waals surface area contributed by atoms with E-state index in [4.69, 9.17) is 11.5 Å². The summed E-state index contributed by atoms with van der Waals surface area (Å²) in [6.45, 7) is 6.40. The SMILES string of the molecule is CCC(C)(CC)Nc1cc(N)nc(N)n1. The van der Waals surface area contributed by atoms with E-state index < -0.39 is 0 Å². The van der Waals surface area contributed by atoms with E-state index in [2.05, 4.69) is 36.1 Å². The van der Waals surface area contributed by atoms with Crippen LogP contribution in [0.4, 0.5) is 17.6 Å². The van der Waals surface area contributed by atoms with Crippen LogP contribution in [0.2, 0.25) is 0 Å². The van der Waals surface area contributed by atoms with Gasteiger partial charge in [-0.25, -0.2) is 0 Å². The second kappa shape index (κ2) is 4.33. The van der Waals surface area contributed by atoms with Crippen LogP contribution in [0.15, 0.2) is 6.07 Å². The van der Waals surface area contributed by atoms with Crippen molar-refractivity contribution >= 4 is 17.6 Å². The molecule has 0 atom stereocenters. The molecule has 1 aromatic heterocycles. The number of nitrogens with one attached hydrogen (secondary N) is 1. The van der Waals surface area contributed by atoms with Gasteiger partial charge in [-0.15, -0.1) is 0 Å². The summed E-state index contributed by atoms with van der Waals surface area (Å²) in [5.74, 6) is 1.28. The Balaban J connectivity index is 2.88. The van der Waals surface area contributed by atoms with Gasteiger partial charge < -0.3 is 16.8 Å². The molecule has 1 heterocycles. The summed E-state index contributed by atoms with van der Waals surface area (Å²) < 4.78 is 0. The molecule has 5 heteroatoms. The van der Waals surface area contributed by atoms with Gasteiger partial charge in [0.1, 0.15) is 11.6 Å². The van der Waals surface area contributed by atoms with Crippen LogP contribution < -0.4 is 16.8 Å². The molecule has 0 aliphatic rings. The molecule has 84 valence electrons.